The van der Waals surface area contributed by atoms with Crippen LogP contribution in [-0.2, 0) is 16.6 Å². The Morgan fingerprint density at radius 2 is 2.18 bits per heavy atom. The van der Waals surface area contributed by atoms with Crippen molar-refractivity contribution in [2.45, 2.75) is 19.9 Å². The monoisotopic (exact) mass is 458 g/mol. The quantitative estimate of drug-likeness (QED) is 0.397. The van der Waals surface area contributed by atoms with Crippen molar-refractivity contribution in [3.63, 3.8) is 0 Å². The molecular formula is C13H23IN4O2S2. The molecule has 1 aliphatic heterocycles. The molecule has 126 valence electrons. The van der Waals surface area contributed by atoms with Gasteiger partial charge in [-0.15, -0.1) is 35.3 Å². The largest absolute Gasteiger partial charge is 0.355 e. The van der Waals surface area contributed by atoms with Gasteiger partial charge in [0.1, 0.15) is 0 Å². The molecule has 0 atom stereocenters. The van der Waals surface area contributed by atoms with Crippen molar-refractivity contribution in [2.24, 2.45) is 4.99 Å². The number of sulfonamides is 1. The molecule has 6 nitrogen and oxygen atoms in total. The van der Waals surface area contributed by atoms with Crippen molar-refractivity contribution >= 4 is 51.3 Å². The highest BCUT2D eigenvalue weighted by molar-refractivity contribution is 14.0. The molecule has 22 heavy (non-hydrogen) atoms. The number of aryl methyl sites for hydroxylation is 1. The van der Waals surface area contributed by atoms with E-state index >= 15 is 0 Å². The number of thiophene rings is 1. The van der Waals surface area contributed by atoms with E-state index < -0.39 is 10.0 Å². The first kappa shape index (κ1) is 19.7. The van der Waals surface area contributed by atoms with Crippen LogP contribution >= 0.6 is 35.3 Å². The maximum atomic E-state index is 11.7. The predicted octanol–water partition coefficient (Wildman–Crippen LogP) is 1.38. The lowest BCUT2D eigenvalue weighted by molar-refractivity contribution is 0.445. The summed E-state index contributed by atoms with van der Waals surface area (Å²) >= 11 is 1.75. The molecule has 2 N–H and O–H groups in total. The first-order valence-electron chi connectivity index (χ1n) is 6.99. The van der Waals surface area contributed by atoms with Crippen molar-refractivity contribution < 1.29 is 8.42 Å². The first-order chi connectivity index (χ1) is 10.0. The van der Waals surface area contributed by atoms with Crippen LogP contribution in [0.1, 0.15) is 16.2 Å². The standard InChI is InChI=1S/C13H22N4O2S2.HI/c1-11-4-5-12(20-11)10-16-13(14-2)15-6-8-17-7-3-9-21(17,18)19;/h4-5H,3,6-10H2,1-2H3,(H2,14,15,16);1H. The van der Waals surface area contributed by atoms with Crippen LogP contribution in [0, 0.1) is 6.92 Å². The molecule has 1 aromatic rings. The van der Waals surface area contributed by atoms with E-state index in [-0.39, 0.29) is 29.7 Å². The van der Waals surface area contributed by atoms with E-state index in [0.29, 0.717) is 25.6 Å². The highest BCUT2D eigenvalue weighted by Crippen LogP contribution is 2.14. The van der Waals surface area contributed by atoms with Gasteiger partial charge in [0.25, 0.3) is 0 Å². The van der Waals surface area contributed by atoms with E-state index in [2.05, 4.69) is 34.7 Å². The lowest BCUT2D eigenvalue weighted by atomic mass is 10.4. The Morgan fingerprint density at radius 1 is 1.41 bits per heavy atom. The van der Waals surface area contributed by atoms with E-state index in [4.69, 9.17) is 0 Å². The highest BCUT2D eigenvalue weighted by Gasteiger charge is 2.27. The maximum absolute atomic E-state index is 11.7. The second-order valence-electron chi connectivity index (χ2n) is 4.93. The molecule has 0 saturated carbocycles. The number of guanidine groups is 1. The minimum absolute atomic E-state index is 0. The van der Waals surface area contributed by atoms with Gasteiger partial charge >= 0.3 is 0 Å². The minimum Gasteiger partial charge on any atom is -0.355 e. The van der Waals surface area contributed by atoms with Crippen LogP contribution in [0.5, 0.6) is 0 Å². The number of hydrogen-bond donors (Lipinski definition) is 2. The van der Waals surface area contributed by atoms with Crippen LogP contribution in [0.4, 0.5) is 0 Å². The topological polar surface area (TPSA) is 73.8 Å². The van der Waals surface area contributed by atoms with Crippen LogP contribution in [-0.4, -0.2) is 51.1 Å². The number of rotatable bonds is 5. The molecule has 2 rings (SSSR count). The van der Waals surface area contributed by atoms with Gasteiger partial charge in [-0.1, -0.05) is 0 Å². The molecule has 1 fully saturated rings. The number of nitrogens with one attached hydrogen (secondary N) is 2. The SMILES string of the molecule is CN=C(NCCN1CCCS1(=O)=O)NCc1ccc(C)s1.I. The number of nitrogens with zero attached hydrogens (tertiary/aromatic N) is 2. The molecule has 1 aliphatic rings. The van der Waals surface area contributed by atoms with Gasteiger partial charge in [0.2, 0.25) is 10.0 Å². The van der Waals surface area contributed by atoms with Gasteiger partial charge in [-0.05, 0) is 25.5 Å². The van der Waals surface area contributed by atoms with Gasteiger partial charge in [-0.3, -0.25) is 4.99 Å². The highest BCUT2D eigenvalue weighted by atomic mass is 127. The Hall–Kier alpha value is -0.390. The summed E-state index contributed by atoms with van der Waals surface area (Å²) in [4.78, 5) is 6.68. The summed E-state index contributed by atoms with van der Waals surface area (Å²) in [6.45, 7) is 4.48. The fraction of sp³-hybridized carbons (Fsp3) is 0.615. The number of aliphatic imine (C=N–C) groups is 1. The van der Waals surface area contributed by atoms with E-state index in [0.717, 1.165) is 13.0 Å². The lowest BCUT2D eigenvalue weighted by Crippen LogP contribution is -2.41. The summed E-state index contributed by atoms with van der Waals surface area (Å²) in [6.07, 6.45) is 0.729. The van der Waals surface area contributed by atoms with Crippen LogP contribution in [0.2, 0.25) is 0 Å². The second-order valence-corrected chi connectivity index (χ2v) is 8.39. The normalized spacial score (nSPS) is 18.0. The molecule has 1 saturated heterocycles. The molecule has 0 bridgehead atoms. The molecule has 9 heteroatoms. The van der Waals surface area contributed by atoms with E-state index in [1.54, 1.807) is 18.4 Å². The maximum Gasteiger partial charge on any atom is 0.214 e. The van der Waals surface area contributed by atoms with Crippen molar-refractivity contribution in [3.8, 4) is 0 Å². The number of halogens is 1. The van der Waals surface area contributed by atoms with Crippen molar-refractivity contribution in [1.82, 2.24) is 14.9 Å². The smallest absolute Gasteiger partial charge is 0.214 e. The van der Waals surface area contributed by atoms with Gasteiger partial charge in [0.15, 0.2) is 5.96 Å². The van der Waals surface area contributed by atoms with Crippen LogP contribution in [0.15, 0.2) is 17.1 Å². The van der Waals surface area contributed by atoms with E-state index in [9.17, 15) is 8.42 Å². The summed E-state index contributed by atoms with van der Waals surface area (Å²) in [5.74, 6) is 0.968. The number of hydrogen-bond acceptors (Lipinski definition) is 4. The second kappa shape index (κ2) is 9.04. The van der Waals surface area contributed by atoms with Gasteiger partial charge in [-0.2, -0.15) is 0 Å². The molecule has 1 aromatic heterocycles. The molecule has 0 aliphatic carbocycles. The third-order valence-electron chi connectivity index (χ3n) is 3.31. The van der Waals surface area contributed by atoms with Crippen LogP contribution in [0.3, 0.4) is 0 Å². The Balaban J connectivity index is 0.00000242. The Labute approximate surface area is 153 Å². The first-order valence-corrected chi connectivity index (χ1v) is 9.41. The van der Waals surface area contributed by atoms with Gasteiger partial charge in [0.05, 0.1) is 12.3 Å². The predicted molar refractivity (Wildman–Crippen MR) is 103 cm³/mol. The molecule has 0 aromatic carbocycles. The van der Waals surface area contributed by atoms with Gasteiger partial charge in [0, 0.05) is 36.4 Å². The van der Waals surface area contributed by atoms with Crippen LogP contribution in [0.25, 0.3) is 0 Å². The third-order valence-corrected chi connectivity index (χ3v) is 6.26. The fourth-order valence-corrected chi connectivity index (χ4v) is 4.57. The van der Waals surface area contributed by atoms with Crippen molar-refractivity contribution in [3.05, 3.63) is 21.9 Å². The zero-order chi connectivity index (χ0) is 15.3. The summed E-state index contributed by atoms with van der Waals surface area (Å²) in [6, 6.07) is 4.19. The Kier molecular flexibility index (Phi) is 8.08. The molecule has 0 radical (unpaired) electrons. The Morgan fingerprint density at radius 3 is 2.73 bits per heavy atom. The third kappa shape index (κ3) is 5.67. The average molecular weight is 458 g/mol. The van der Waals surface area contributed by atoms with Crippen molar-refractivity contribution in [2.75, 3.05) is 32.4 Å². The van der Waals surface area contributed by atoms with Gasteiger partial charge < -0.3 is 10.6 Å². The molecule has 0 spiro atoms. The average Bonchev–Trinajstić information content (AvgIpc) is 2.99. The summed E-state index contributed by atoms with van der Waals surface area (Å²) in [5.41, 5.74) is 0. The van der Waals surface area contributed by atoms with Crippen molar-refractivity contribution in [1.29, 1.82) is 0 Å². The van der Waals surface area contributed by atoms with Gasteiger partial charge in [-0.25, -0.2) is 12.7 Å². The minimum atomic E-state index is -3.01. The summed E-state index contributed by atoms with van der Waals surface area (Å²) < 4.78 is 24.9. The van der Waals surface area contributed by atoms with E-state index in [1.807, 2.05) is 0 Å². The van der Waals surface area contributed by atoms with Crippen LogP contribution < -0.4 is 10.6 Å². The summed E-state index contributed by atoms with van der Waals surface area (Å²) in [7, 11) is -1.30. The fourth-order valence-electron chi connectivity index (χ4n) is 2.21. The summed E-state index contributed by atoms with van der Waals surface area (Å²) in [5, 5.41) is 6.38. The zero-order valence-electron chi connectivity index (χ0n) is 12.8. The molecule has 2 heterocycles. The van der Waals surface area contributed by atoms with E-state index in [1.165, 1.54) is 14.1 Å². The zero-order valence-corrected chi connectivity index (χ0v) is 16.8. The molecule has 0 amide bonds. The Bertz CT molecular complexity index is 601. The molecule has 0 unspecified atom stereocenters. The lowest BCUT2D eigenvalue weighted by Gasteiger charge is -2.16. The molecular weight excluding hydrogens is 435 g/mol.